The van der Waals surface area contributed by atoms with Gasteiger partial charge < -0.3 is 15.0 Å². The van der Waals surface area contributed by atoms with Crippen LogP contribution in [-0.2, 0) is 4.79 Å². The number of carbonyl (C=O) groups is 1. The van der Waals surface area contributed by atoms with E-state index < -0.39 is 0 Å². The zero-order chi connectivity index (χ0) is 13.7. The van der Waals surface area contributed by atoms with Gasteiger partial charge in [0, 0.05) is 19.1 Å². The SMILES string of the molecule is Cc1ccc(OCC(=O)N2CCCNCC2C)cc1. The van der Waals surface area contributed by atoms with Crippen molar-refractivity contribution in [2.45, 2.75) is 26.3 Å². The van der Waals surface area contributed by atoms with E-state index in [1.165, 1.54) is 5.56 Å². The Kier molecular flexibility index (Phi) is 4.80. The van der Waals surface area contributed by atoms with E-state index in [9.17, 15) is 4.79 Å². The van der Waals surface area contributed by atoms with Gasteiger partial charge in [0.25, 0.3) is 5.91 Å². The maximum Gasteiger partial charge on any atom is 0.260 e. The molecule has 1 fully saturated rings. The Morgan fingerprint density at radius 1 is 1.42 bits per heavy atom. The number of amides is 1. The van der Waals surface area contributed by atoms with Crippen LogP contribution in [0.2, 0.25) is 0 Å². The number of hydrogen-bond acceptors (Lipinski definition) is 3. The highest BCUT2D eigenvalue weighted by atomic mass is 16.5. The second-order valence-corrected chi connectivity index (χ2v) is 5.10. The molecule has 0 aliphatic carbocycles. The third kappa shape index (κ3) is 3.96. The molecule has 1 heterocycles. The fraction of sp³-hybridized carbons (Fsp3) is 0.533. The van der Waals surface area contributed by atoms with Crippen LogP contribution < -0.4 is 10.1 Å². The van der Waals surface area contributed by atoms with Gasteiger partial charge in [-0.3, -0.25) is 4.79 Å². The third-order valence-electron chi connectivity index (χ3n) is 3.43. The summed E-state index contributed by atoms with van der Waals surface area (Å²) >= 11 is 0. The fourth-order valence-electron chi connectivity index (χ4n) is 2.25. The highest BCUT2D eigenvalue weighted by Gasteiger charge is 2.21. The lowest BCUT2D eigenvalue weighted by molar-refractivity contribution is -0.135. The molecule has 1 atom stereocenters. The standard InChI is InChI=1S/C15H22N2O2/c1-12-4-6-14(7-5-12)19-11-15(18)17-9-3-8-16-10-13(17)2/h4-7,13,16H,3,8-11H2,1-2H3. The first kappa shape index (κ1) is 13.9. The van der Waals surface area contributed by atoms with Crippen LogP contribution in [0.3, 0.4) is 0 Å². The van der Waals surface area contributed by atoms with Crippen LogP contribution in [0.1, 0.15) is 18.9 Å². The van der Waals surface area contributed by atoms with E-state index in [4.69, 9.17) is 4.74 Å². The summed E-state index contributed by atoms with van der Waals surface area (Å²) in [5.41, 5.74) is 1.19. The first-order valence-corrected chi connectivity index (χ1v) is 6.86. The molecule has 1 amide bonds. The normalized spacial score (nSPS) is 19.9. The summed E-state index contributed by atoms with van der Waals surface area (Å²) in [6, 6.07) is 8.00. The van der Waals surface area contributed by atoms with Gasteiger partial charge in [-0.1, -0.05) is 17.7 Å². The number of nitrogens with one attached hydrogen (secondary N) is 1. The molecule has 1 aromatic rings. The zero-order valence-corrected chi connectivity index (χ0v) is 11.7. The Hall–Kier alpha value is -1.55. The van der Waals surface area contributed by atoms with E-state index in [0.717, 1.165) is 31.8 Å². The molecule has 1 unspecified atom stereocenters. The molecule has 1 aromatic carbocycles. The number of rotatable bonds is 3. The van der Waals surface area contributed by atoms with Crippen LogP contribution in [0.4, 0.5) is 0 Å². The molecular weight excluding hydrogens is 240 g/mol. The van der Waals surface area contributed by atoms with Crippen LogP contribution in [0.5, 0.6) is 5.75 Å². The lowest BCUT2D eigenvalue weighted by Crippen LogP contribution is -2.43. The third-order valence-corrected chi connectivity index (χ3v) is 3.43. The van der Waals surface area contributed by atoms with Crippen molar-refractivity contribution in [2.24, 2.45) is 0 Å². The van der Waals surface area contributed by atoms with Gasteiger partial charge in [0.2, 0.25) is 0 Å². The maximum absolute atomic E-state index is 12.2. The summed E-state index contributed by atoms with van der Waals surface area (Å²) in [5, 5.41) is 3.33. The van der Waals surface area contributed by atoms with Gasteiger partial charge in [-0.05, 0) is 38.9 Å². The number of aryl methyl sites for hydroxylation is 1. The van der Waals surface area contributed by atoms with E-state index in [0.29, 0.717) is 0 Å². The van der Waals surface area contributed by atoms with Crippen LogP contribution in [0.25, 0.3) is 0 Å². The average molecular weight is 262 g/mol. The molecule has 0 spiro atoms. The van der Waals surface area contributed by atoms with Gasteiger partial charge in [-0.15, -0.1) is 0 Å². The summed E-state index contributed by atoms with van der Waals surface area (Å²) < 4.78 is 5.55. The van der Waals surface area contributed by atoms with Crippen molar-refractivity contribution in [1.82, 2.24) is 10.2 Å². The lowest BCUT2D eigenvalue weighted by atomic mass is 10.2. The fourth-order valence-corrected chi connectivity index (χ4v) is 2.25. The van der Waals surface area contributed by atoms with Crippen molar-refractivity contribution in [3.05, 3.63) is 29.8 Å². The minimum absolute atomic E-state index is 0.0665. The Morgan fingerprint density at radius 3 is 2.89 bits per heavy atom. The second kappa shape index (κ2) is 6.57. The summed E-state index contributed by atoms with van der Waals surface area (Å²) in [4.78, 5) is 14.1. The minimum atomic E-state index is 0.0665. The van der Waals surface area contributed by atoms with E-state index in [-0.39, 0.29) is 18.6 Å². The number of carbonyl (C=O) groups excluding carboxylic acids is 1. The molecule has 1 aliphatic heterocycles. The van der Waals surface area contributed by atoms with Crippen LogP contribution in [0, 0.1) is 6.92 Å². The van der Waals surface area contributed by atoms with E-state index in [1.54, 1.807) is 0 Å². The zero-order valence-electron chi connectivity index (χ0n) is 11.7. The van der Waals surface area contributed by atoms with Crippen molar-refractivity contribution >= 4 is 5.91 Å². The minimum Gasteiger partial charge on any atom is -0.484 e. The number of hydrogen-bond donors (Lipinski definition) is 1. The average Bonchev–Trinajstić information content (AvgIpc) is 2.62. The van der Waals surface area contributed by atoms with Gasteiger partial charge in [-0.25, -0.2) is 0 Å². The quantitative estimate of drug-likeness (QED) is 0.899. The predicted octanol–water partition coefficient (Wildman–Crippen LogP) is 1.58. The molecule has 1 saturated heterocycles. The van der Waals surface area contributed by atoms with Crippen molar-refractivity contribution in [1.29, 1.82) is 0 Å². The molecule has 1 N–H and O–H groups in total. The van der Waals surface area contributed by atoms with Gasteiger partial charge in [0.1, 0.15) is 5.75 Å². The van der Waals surface area contributed by atoms with Gasteiger partial charge in [0.15, 0.2) is 6.61 Å². The molecule has 0 bridgehead atoms. The topological polar surface area (TPSA) is 41.6 Å². The molecule has 4 heteroatoms. The molecular formula is C15H22N2O2. The maximum atomic E-state index is 12.2. The van der Waals surface area contributed by atoms with Crippen molar-refractivity contribution < 1.29 is 9.53 Å². The van der Waals surface area contributed by atoms with Crippen LogP contribution >= 0.6 is 0 Å². The van der Waals surface area contributed by atoms with E-state index in [2.05, 4.69) is 12.2 Å². The monoisotopic (exact) mass is 262 g/mol. The molecule has 104 valence electrons. The van der Waals surface area contributed by atoms with Crippen molar-refractivity contribution in [3.63, 3.8) is 0 Å². The Morgan fingerprint density at radius 2 is 2.16 bits per heavy atom. The molecule has 19 heavy (non-hydrogen) atoms. The summed E-state index contributed by atoms with van der Waals surface area (Å²) in [6.07, 6.45) is 1.00. The summed E-state index contributed by atoms with van der Waals surface area (Å²) in [5.74, 6) is 0.816. The second-order valence-electron chi connectivity index (χ2n) is 5.10. The smallest absolute Gasteiger partial charge is 0.260 e. The first-order chi connectivity index (χ1) is 9.16. The highest BCUT2D eigenvalue weighted by molar-refractivity contribution is 5.78. The molecule has 0 aromatic heterocycles. The van der Waals surface area contributed by atoms with Crippen molar-refractivity contribution in [3.8, 4) is 5.75 Å². The Balaban J connectivity index is 1.87. The van der Waals surface area contributed by atoms with Crippen LogP contribution in [0.15, 0.2) is 24.3 Å². The molecule has 2 rings (SSSR count). The molecule has 0 radical (unpaired) electrons. The van der Waals surface area contributed by atoms with Crippen molar-refractivity contribution in [2.75, 3.05) is 26.2 Å². The number of ether oxygens (including phenoxy) is 1. The summed E-state index contributed by atoms with van der Waals surface area (Å²) in [6.45, 7) is 6.86. The molecule has 0 saturated carbocycles. The van der Waals surface area contributed by atoms with Crippen LogP contribution in [-0.4, -0.2) is 43.1 Å². The van der Waals surface area contributed by atoms with E-state index >= 15 is 0 Å². The Bertz CT molecular complexity index is 417. The van der Waals surface area contributed by atoms with Gasteiger partial charge in [0.05, 0.1) is 0 Å². The number of nitrogens with zero attached hydrogens (tertiary/aromatic N) is 1. The van der Waals surface area contributed by atoms with Gasteiger partial charge in [-0.2, -0.15) is 0 Å². The summed E-state index contributed by atoms with van der Waals surface area (Å²) in [7, 11) is 0. The molecule has 1 aliphatic rings. The molecule has 4 nitrogen and oxygen atoms in total. The number of benzene rings is 1. The Labute approximate surface area is 114 Å². The highest BCUT2D eigenvalue weighted by Crippen LogP contribution is 2.12. The van der Waals surface area contributed by atoms with E-state index in [1.807, 2.05) is 36.1 Å². The predicted molar refractivity (Wildman–Crippen MR) is 75.3 cm³/mol. The lowest BCUT2D eigenvalue weighted by Gasteiger charge is -2.26. The largest absolute Gasteiger partial charge is 0.484 e. The van der Waals surface area contributed by atoms with Gasteiger partial charge >= 0.3 is 0 Å². The first-order valence-electron chi connectivity index (χ1n) is 6.86.